The summed E-state index contributed by atoms with van der Waals surface area (Å²) in [5, 5.41) is 26.5. The Balaban J connectivity index is 0.00000288. The average molecular weight is 465 g/mol. The number of rotatable bonds is 7. The second-order valence-electron chi connectivity index (χ2n) is 5.89. The zero-order valence-corrected chi connectivity index (χ0v) is 17.2. The van der Waals surface area contributed by atoms with Crippen LogP contribution < -0.4 is 10.6 Å². The van der Waals surface area contributed by atoms with Crippen LogP contribution in [0, 0.1) is 0 Å². The molecule has 4 N–H and O–H groups in total. The molecule has 1 aliphatic rings. The largest absolute Gasteiger partial charge is 0.396 e. The summed E-state index contributed by atoms with van der Waals surface area (Å²) in [6.45, 7) is 3.85. The van der Waals surface area contributed by atoms with E-state index in [4.69, 9.17) is 0 Å². The highest BCUT2D eigenvalue weighted by Crippen LogP contribution is 2.27. The Kier molecular flexibility index (Phi) is 10.0. The average Bonchev–Trinajstić information content (AvgIpc) is 3.01. The lowest BCUT2D eigenvalue weighted by Crippen LogP contribution is -2.42. The van der Waals surface area contributed by atoms with E-state index >= 15 is 0 Å². The van der Waals surface area contributed by atoms with Crippen molar-refractivity contribution in [1.29, 1.82) is 0 Å². The van der Waals surface area contributed by atoms with Crippen molar-refractivity contribution in [2.75, 3.05) is 37.7 Å². The third-order valence-corrected chi connectivity index (χ3v) is 5.20. The first-order valence-electron chi connectivity index (χ1n) is 8.15. The SMILES string of the molecule is CCNC(=NCC1(O)CCSC1)NCC(CO)c1ccccc1.I. The Morgan fingerprint density at radius 1 is 1.33 bits per heavy atom. The van der Waals surface area contributed by atoms with E-state index in [1.807, 2.05) is 37.3 Å². The number of halogens is 1. The molecule has 1 aromatic carbocycles. The molecular formula is C17H28IN3O2S. The van der Waals surface area contributed by atoms with Gasteiger partial charge in [-0.3, -0.25) is 4.99 Å². The molecular weight excluding hydrogens is 437 g/mol. The number of nitrogens with one attached hydrogen (secondary N) is 2. The van der Waals surface area contributed by atoms with Crippen LogP contribution in [0.3, 0.4) is 0 Å². The molecule has 0 bridgehead atoms. The van der Waals surface area contributed by atoms with Crippen molar-refractivity contribution < 1.29 is 10.2 Å². The molecule has 0 amide bonds. The molecule has 0 radical (unpaired) electrons. The predicted molar refractivity (Wildman–Crippen MR) is 113 cm³/mol. The third-order valence-electron chi connectivity index (χ3n) is 3.97. The molecule has 7 heteroatoms. The number of hydrogen-bond donors (Lipinski definition) is 4. The second kappa shape index (κ2) is 11.2. The molecule has 0 spiro atoms. The van der Waals surface area contributed by atoms with E-state index in [1.54, 1.807) is 11.8 Å². The van der Waals surface area contributed by atoms with Gasteiger partial charge in [0.05, 0.1) is 18.8 Å². The van der Waals surface area contributed by atoms with Gasteiger partial charge in [-0.25, -0.2) is 0 Å². The van der Waals surface area contributed by atoms with Crippen LogP contribution in [0.25, 0.3) is 0 Å². The van der Waals surface area contributed by atoms with Gasteiger partial charge in [0, 0.05) is 24.8 Å². The molecule has 1 aliphatic heterocycles. The van der Waals surface area contributed by atoms with E-state index in [0.29, 0.717) is 19.0 Å². The lowest BCUT2D eigenvalue weighted by atomic mass is 10.0. The predicted octanol–water partition coefficient (Wildman–Crippen LogP) is 1.80. The topological polar surface area (TPSA) is 76.9 Å². The zero-order chi connectivity index (χ0) is 16.5. The molecule has 1 heterocycles. The number of aliphatic hydroxyl groups is 2. The fourth-order valence-electron chi connectivity index (χ4n) is 2.52. The van der Waals surface area contributed by atoms with E-state index in [1.165, 1.54) is 0 Å². The number of aliphatic hydroxyl groups excluding tert-OH is 1. The van der Waals surface area contributed by atoms with Crippen molar-refractivity contribution in [1.82, 2.24) is 10.6 Å². The molecule has 2 unspecified atom stereocenters. The highest BCUT2D eigenvalue weighted by Gasteiger charge is 2.31. The monoisotopic (exact) mass is 465 g/mol. The summed E-state index contributed by atoms with van der Waals surface area (Å²) in [4.78, 5) is 4.52. The minimum Gasteiger partial charge on any atom is -0.396 e. The van der Waals surface area contributed by atoms with E-state index < -0.39 is 5.60 Å². The normalized spacial score (nSPS) is 21.9. The first-order chi connectivity index (χ1) is 11.2. The number of nitrogens with zero attached hydrogens (tertiary/aromatic N) is 1. The number of hydrogen-bond acceptors (Lipinski definition) is 4. The van der Waals surface area contributed by atoms with Crippen LogP contribution >= 0.6 is 35.7 Å². The molecule has 0 aliphatic carbocycles. The van der Waals surface area contributed by atoms with Crippen LogP contribution in [-0.2, 0) is 0 Å². The summed E-state index contributed by atoms with van der Waals surface area (Å²) in [6, 6.07) is 9.96. The molecule has 2 atom stereocenters. The van der Waals surface area contributed by atoms with Crippen molar-refractivity contribution in [2.45, 2.75) is 24.9 Å². The minimum atomic E-state index is -0.678. The second-order valence-corrected chi connectivity index (χ2v) is 7.00. The zero-order valence-electron chi connectivity index (χ0n) is 14.1. The van der Waals surface area contributed by atoms with Gasteiger partial charge in [0.2, 0.25) is 0 Å². The van der Waals surface area contributed by atoms with Gasteiger partial charge < -0.3 is 20.8 Å². The maximum Gasteiger partial charge on any atom is 0.191 e. The number of aliphatic imine (C=N–C) groups is 1. The molecule has 136 valence electrons. The Morgan fingerprint density at radius 2 is 2.08 bits per heavy atom. The number of benzene rings is 1. The molecule has 1 fully saturated rings. The van der Waals surface area contributed by atoms with E-state index in [0.717, 1.165) is 30.0 Å². The van der Waals surface area contributed by atoms with Crippen LogP contribution in [0.5, 0.6) is 0 Å². The molecule has 24 heavy (non-hydrogen) atoms. The Morgan fingerprint density at radius 3 is 2.67 bits per heavy atom. The van der Waals surface area contributed by atoms with Crippen molar-refractivity contribution in [3.05, 3.63) is 35.9 Å². The molecule has 0 aromatic heterocycles. The lowest BCUT2D eigenvalue weighted by molar-refractivity contribution is 0.0778. The maximum absolute atomic E-state index is 10.4. The van der Waals surface area contributed by atoms with Crippen LogP contribution in [0.4, 0.5) is 0 Å². The van der Waals surface area contributed by atoms with Crippen molar-refractivity contribution >= 4 is 41.7 Å². The van der Waals surface area contributed by atoms with Gasteiger partial charge >= 0.3 is 0 Å². The minimum absolute atomic E-state index is 0. The summed E-state index contributed by atoms with van der Waals surface area (Å²) in [7, 11) is 0. The van der Waals surface area contributed by atoms with Gasteiger partial charge in [0.25, 0.3) is 0 Å². The standard InChI is InChI=1S/C17H27N3O2S.HI/c1-2-18-16(20-12-17(22)8-9-23-13-17)19-10-15(11-21)14-6-4-3-5-7-14;/h3-7,15,21-22H,2,8-13H2,1H3,(H2,18,19,20);1H. The van der Waals surface area contributed by atoms with Gasteiger partial charge in [-0.15, -0.1) is 24.0 Å². The molecule has 1 saturated heterocycles. The first kappa shape index (κ1) is 21.5. The Labute approximate surface area is 165 Å². The van der Waals surface area contributed by atoms with Crippen LogP contribution in [0.15, 0.2) is 35.3 Å². The Bertz CT molecular complexity index is 496. The van der Waals surface area contributed by atoms with Crippen LogP contribution in [-0.4, -0.2) is 59.5 Å². The van der Waals surface area contributed by atoms with Crippen molar-refractivity contribution in [3.8, 4) is 0 Å². The van der Waals surface area contributed by atoms with Gasteiger partial charge in [0.15, 0.2) is 5.96 Å². The maximum atomic E-state index is 10.4. The van der Waals surface area contributed by atoms with Crippen molar-refractivity contribution in [3.63, 3.8) is 0 Å². The van der Waals surface area contributed by atoms with Gasteiger partial charge in [-0.05, 0) is 24.7 Å². The Hall–Kier alpha value is -0.510. The van der Waals surface area contributed by atoms with E-state index in [-0.39, 0.29) is 36.5 Å². The number of guanidine groups is 1. The smallest absolute Gasteiger partial charge is 0.191 e. The fraction of sp³-hybridized carbons (Fsp3) is 0.588. The summed E-state index contributed by atoms with van der Waals surface area (Å²) >= 11 is 1.77. The summed E-state index contributed by atoms with van der Waals surface area (Å²) < 4.78 is 0. The van der Waals surface area contributed by atoms with E-state index in [9.17, 15) is 10.2 Å². The van der Waals surface area contributed by atoms with Crippen molar-refractivity contribution in [2.24, 2.45) is 4.99 Å². The van der Waals surface area contributed by atoms with Gasteiger partial charge in [-0.1, -0.05) is 30.3 Å². The first-order valence-corrected chi connectivity index (χ1v) is 9.30. The summed E-state index contributed by atoms with van der Waals surface area (Å²) in [5.41, 5.74) is 0.423. The highest BCUT2D eigenvalue weighted by atomic mass is 127. The number of thioether (sulfide) groups is 1. The van der Waals surface area contributed by atoms with Gasteiger partial charge in [0.1, 0.15) is 0 Å². The van der Waals surface area contributed by atoms with Crippen LogP contribution in [0.1, 0.15) is 24.8 Å². The lowest BCUT2D eigenvalue weighted by Gasteiger charge is -2.21. The molecule has 1 aromatic rings. The molecule has 5 nitrogen and oxygen atoms in total. The highest BCUT2D eigenvalue weighted by molar-refractivity contribution is 14.0. The summed E-state index contributed by atoms with van der Waals surface area (Å²) in [5.74, 6) is 2.45. The van der Waals surface area contributed by atoms with E-state index in [2.05, 4.69) is 15.6 Å². The third kappa shape index (κ3) is 6.78. The van der Waals surface area contributed by atoms with Gasteiger partial charge in [-0.2, -0.15) is 11.8 Å². The fourth-order valence-corrected chi connectivity index (χ4v) is 3.81. The molecule has 2 rings (SSSR count). The summed E-state index contributed by atoms with van der Waals surface area (Å²) in [6.07, 6.45) is 0.795. The molecule has 0 saturated carbocycles. The van der Waals surface area contributed by atoms with Crippen LogP contribution in [0.2, 0.25) is 0 Å². The quantitative estimate of drug-likeness (QED) is 0.281.